The number of anilines is 1. The summed E-state index contributed by atoms with van der Waals surface area (Å²) in [6, 6.07) is 19.4. The Balaban J connectivity index is 1.48. The number of amides is 2. The van der Waals surface area contributed by atoms with E-state index in [1.165, 1.54) is 24.3 Å². The van der Waals surface area contributed by atoms with Gasteiger partial charge in [-0.1, -0.05) is 23.9 Å². The van der Waals surface area contributed by atoms with Crippen molar-refractivity contribution in [1.29, 1.82) is 0 Å². The quantitative estimate of drug-likeness (QED) is 0.152. The van der Waals surface area contributed by atoms with E-state index in [0.717, 1.165) is 22.2 Å². The zero-order chi connectivity index (χ0) is 30.3. The average Bonchev–Trinajstić information content (AvgIpc) is 3.25. The maximum absolute atomic E-state index is 13.4. The highest BCUT2D eigenvalue weighted by Crippen LogP contribution is 2.31. The summed E-state index contributed by atoms with van der Waals surface area (Å²) in [6.45, 7) is 2.37. The first-order valence-electron chi connectivity index (χ1n) is 13.0. The van der Waals surface area contributed by atoms with Gasteiger partial charge in [-0.2, -0.15) is 0 Å². The van der Waals surface area contributed by atoms with E-state index < -0.39 is 27.1 Å². The fourth-order valence-corrected chi connectivity index (χ4v) is 5.66. The average molecular weight is 611 g/mol. The number of esters is 1. The number of aliphatic imine (C=N–C) groups is 1. The van der Waals surface area contributed by atoms with Crippen LogP contribution in [0.3, 0.4) is 0 Å². The Morgan fingerprint density at radius 3 is 2.31 bits per heavy atom. The van der Waals surface area contributed by atoms with Gasteiger partial charge in [-0.05, 0) is 79.6 Å². The molecule has 4 rings (SSSR count). The number of nitrogens with one attached hydrogen (secondary N) is 1. The molecular formula is C29H30N4O7S2. The lowest BCUT2D eigenvalue weighted by Crippen LogP contribution is -2.32. The molecule has 0 spiro atoms. The van der Waals surface area contributed by atoms with Crippen LogP contribution in [0, 0.1) is 0 Å². The summed E-state index contributed by atoms with van der Waals surface area (Å²) in [6.07, 6.45) is 0.505. The Labute approximate surface area is 248 Å². The van der Waals surface area contributed by atoms with E-state index in [1.807, 2.05) is 0 Å². The molecule has 1 atom stereocenters. The lowest BCUT2D eigenvalue weighted by Gasteiger charge is -2.16. The zero-order valence-electron chi connectivity index (χ0n) is 23.0. The molecule has 3 N–H and O–H groups in total. The van der Waals surface area contributed by atoms with Gasteiger partial charge in [-0.15, -0.1) is 0 Å². The molecule has 1 aliphatic rings. The number of amidine groups is 1. The lowest BCUT2D eigenvalue weighted by atomic mass is 10.1. The number of benzene rings is 3. The number of methoxy groups -OCH3 is 1. The van der Waals surface area contributed by atoms with Crippen molar-refractivity contribution in [2.75, 3.05) is 25.2 Å². The predicted octanol–water partition coefficient (Wildman–Crippen LogP) is 3.40. The topological polar surface area (TPSA) is 157 Å². The molecule has 1 fully saturated rings. The van der Waals surface area contributed by atoms with Gasteiger partial charge in [0.2, 0.25) is 21.8 Å². The third kappa shape index (κ3) is 7.75. The number of nitrogens with two attached hydrogens (primary N) is 1. The first kappa shape index (κ1) is 30.8. The Morgan fingerprint density at radius 1 is 1.05 bits per heavy atom. The number of carbonyl (C=O) groups is 3. The van der Waals surface area contributed by atoms with Gasteiger partial charge < -0.3 is 14.8 Å². The van der Waals surface area contributed by atoms with Gasteiger partial charge in [-0.3, -0.25) is 9.59 Å². The van der Waals surface area contributed by atoms with Crippen LogP contribution in [0.1, 0.15) is 29.3 Å². The van der Waals surface area contributed by atoms with Crippen LogP contribution in [0.25, 0.3) is 0 Å². The molecule has 0 aliphatic carbocycles. The summed E-state index contributed by atoms with van der Waals surface area (Å²) < 4.78 is 33.2. The second-order valence-electron chi connectivity index (χ2n) is 9.13. The molecule has 0 aromatic heterocycles. The highest BCUT2D eigenvalue weighted by molar-refractivity contribution is 8.15. The zero-order valence-corrected chi connectivity index (χ0v) is 24.6. The van der Waals surface area contributed by atoms with Crippen LogP contribution in [0.4, 0.5) is 11.4 Å². The smallest absolute Gasteiger partial charge is 0.338 e. The van der Waals surface area contributed by atoms with E-state index in [4.69, 9.17) is 14.6 Å². The maximum atomic E-state index is 13.4. The standard InChI is InChI=1S/C29H30N4O7S2/c1-3-40-28(36)20-6-10-22(11-7-20)33-26(34)18-25(27(33)35)41-29(32-21-8-12-23(39-2)13-9-21)31-17-16-19-4-14-24(15-5-19)42(30,37)38/h4-15,25H,3,16-18H2,1-2H3,(H,31,32)(H2,30,37,38). The molecule has 1 aliphatic heterocycles. The van der Waals surface area contributed by atoms with Crippen LogP contribution in [0.2, 0.25) is 0 Å². The predicted molar refractivity (Wildman–Crippen MR) is 160 cm³/mol. The molecule has 1 saturated heterocycles. The molecule has 3 aromatic rings. The second-order valence-corrected chi connectivity index (χ2v) is 11.9. The molecular weight excluding hydrogens is 580 g/mol. The minimum absolute atomic E-state index is 0.0263. The Morgan fingerprint density at radius 2 is 1.71 bits per heavy atom. The van der Waals surface area contributed by atoms with Crippen molar-refractivity contribution < 1.29 is 32.3 Å². The number of rotatable bonds is 10. The molecule has 42 heavy (non-hydrogen) atoms. The molecule has 0 radical (unpaired) electrons. The van der Waals surface area contributed by atoms with Crippen molar-refractivity contribution in [2.45, 2.75) is 29.9 Å². The molecule has 11 nitrogen and oxygen atoms in total. The number of hydrogen-bond donors (Lipinski definition) is 2. The minimum Gasteiger partial charge on any atom is -0.497 e. The number of ether oxygens (including phenoxy) is 2. The summed E-state index contributed by atoms with van der Waals surface area (Å²) in [5, 5.41) is 8.13. The SMILES string of the molecule is CCOC(=O)c1ccc(N2C(=O)CC(S/C(=N/c3ccc(OC)cc3)NCCc3ccc(S(N)(=O)=O)cc3)C2=O)cc1. The van der Waals surface area contributed by atoms with Gasteiger partial charge >= 0.3 is 5.97 Å². The number of imide groups is 1. The fraction of sp³-hybridized carbons (Fsp3) is 0.241. The van der Waals surface area contributed by atoms with Crippen molar-refractivity contribution in [1.82, 2.24) is 5.32 Å². The van der Waals surface area contributed by atoms with Crippen LogP contribution in [-0.4, -0.2) is 56.9 Å². The van der Waals surface area contributed by atoms with Gasteiger partial charge in [0.15, 0.2) is 5.17 Å². The molecule has 2 amide bonds. The number of thioether (sulfide) groups is 1. The highest BCUT2D eigenvalue weighted by atomic mass is 32.2. The molecule has 0 saturated carbocycles. The van der Waals surface area contributed by atoms with E-state index >= 15 is 0 Å². The van der Waals surface area contributed by atoms with Crippen molar-refractivity contribution in [3.8, 4) is 5.75 Å². The molecule has 1 heterocycles. The third-order valence-corrected chi connectivity index (χ3v) is 8.28. The van der Waals surface area contributed by atoms with Crippen molar-refractivity contribution >= 4 is 56.1 Å². The lowest BCUT2D eigenvalue weighted by molar-refractivity contribution is -0.121. The van der Waals surface area contributed by atoms with E-state index in [0.29, 0.717) is 40.8 Å². The monoisotopic (exact) mass is 610 g/mol. The highest BCUT2D eigenvalue weighted by Gasteiger charge is 2.41. The van der Waals surface area contributed by atoms with Gasteiger partial charge in [0.1, 0.15) is 11.0 Å². The van der Waals surface area contributed by atoms with Gasteiger partial charge in [0.25, 0.3) is 0 Å². The summed E-state index contributed by atoms with van der Waals surface area (Å²) in [5.41, 5.74) is 2.17. The Kier molecular flexibility index (Phi) is 9.99. The minimum atomic E-state index is -3.78. The summed E-state index contributed by atoms with van der Waals surface area (Å²) in [5.74, 6) is -0.570. The van der Waals surface area contributed by atoms with Crippen LogP contribution in [0.15, 0.2) is 82.7 Å². The largest absolute Gasteiger partial charge is 0.497 e. The fourth-order valence-electron chi connectivity index (χ4n) is 4.10. The number of sulfonamides is 1. The first-order valence-corrected chi connectivity index (χ1v) is 15.4. The van der Waals surface area contributed by atoms with Gasteiger partial charge in [-0.25, -0.2) is 28.2 Å². The Hall–Kier alpha value is -4.20. The Bertz CT molecular complexity index is 1570. The van der Waals surface area contributed by atoms with Gasteiger partial charge in [0.05, 0.1) is 35.6 Å². The summed E-state index contributed by atoms with van der Waals surface area (Å²) in [7, 11) is -2.22. The maximum Gasteiger partial charge on any atom is 0.338 e. The number of hydrogen-bond acceptors (Lipinski definition) is 9. The summed E-state index contributed by atoms with van der Waals surface area (Å²) in [4.78, 5) is 44.0. The molecule has 220 valence electrons. The van der Waals surface area contributed by atoms with Crippen molar-refractivity contribution in [3.63, 3.8) is 0 Å². The summed E-state index contributed by atoms with van der Waals surface area (Å²) >= 11 is 1.15. The van der Waals surface area contributed by atoms with E-state index in [1.54, 1.807) is 62.6 Å². The molecule has 1 unspecified atom stereocenters. The van der Waals surface area contributed by atoms with Gasteiger partial charge in [0, 0.05) is 13.0 Å². The molecule has 0 bridgehead atoms. The molecule has 3 aromatic carbocycles. The number of carbonyl (C=O) groups excluding carboxylic acids is 3. The van der Waals surface area contributed by atoms with Crippen LogP contribution < -0.4 is 20.1 Å². The number of nitrogens with zero attached hydrogens (tertiary/aromatic N) is 2. The normalized spacial score (nSPS) is 15.5. The van der Waals surface area contributed by atoms with Crippen molar-refractivity contribution in [3.05, 3.63) is 83.9 Å². The molecule has 13 heteroatoms. The first-order chi connectivity index (χ1) is 20.1. The van der Waals surface area contributed by atoms with Crippen LogP contribution >= 0.6 is 11.8 Å². The van der Waals surface area contributed by atoms with E-state index in [9.17, 15) is 22.8 Å². The van der Waals surface area contributed by atoms with Crippen molar-refractivity contribution in [2.24, 2.45) is 10.1 Å². The van der Waals surface area contributed by atoms with Crippen LogP contribution in [0.5, 0.6) is 5.75 Å². The van der Waals surface area contributed by atoms with E-state index in [2.05, 4.69) is 10.3 Å². The number of primary sulfonamides is 1. The third-order valence-electron chi connectivity index (χ3n) is 6.24. The van der Waals surface area contributed by atoms with Crippen LogP contribution in [-0.2, 0) is 30.8 Å². The second kappa shape index (κ2) is 13.6. The van der Waals surface area contributed by atoms with E-state index in [-0.39, 0.29) is 23.8 Å².